The number of sulfonamides is 1. The Kier molecular flexibility index (Phi) is 9.82. The molecular formula is C37H47N5O7S. The summed E-state index contributed by atoms with van der Waals surface area (Å²) in [6.45, 7) is 6.05. The number of anilines is 1. The third-order valence-corrected chi connectivity index (χ3v) is 12.9. The van der Waals surface area contributed by atoms with E-state index in [1.54, 1.807) is 18.9 Å². The minimum Gasteiger partial charge on any atom is -0.446 e. The average molecular weight is 706 g/mol. The molecule has 13 heteroatoms. The molecule has 3 fully saturated rings. The molecule has 268 valence electrons. The Morgan fingerprint density at radius 1 is 1.10 bits per heavy atom. The first-order chi connectivity index (χ1) is 23.7. The molecule has 6 rings (SSSR count). The molecule has 0 spiro atoms. The zero-order valence-corrected chi connectivity index (χ0v) is 30.0. The van der Waals surface area contributed by atoms with Crippen LogP contribution < -0.4 is 15.4 Å². The minimum absolute atomic E-state index is 0.0683. The van der Waals surface area contributed by atoms with Gasteiger partial charge < -0.3 is 15.0 Å². The van der Waals surface area contributed by atoms with E-state index < -0.39 is 56.2 Å². The second-order valence-electron chi connectivity index (χ2n) is 14.6. The number of hydrogen-bond acceptors (Lipinski definition) is 8. The molecule has 2 heterocycles. The first kappa shape index (κ1) is 35.6. The maximum atomic E-state index is 14.1. The Hall–Kier alpha value is -4.26. The normalized spacial score (nSPS) is 27.6. The van der Waals surface area contributed by atoms with Gasteiger partial charge in [-0.05, 0) is 95.4 Å². The number of aromatic nitrogens is 1. The summed E-state index contributed by atoms with van der Waals surface area (Å²) in [5, 5.41) is 5.74. The maximum absolute atomic E-state index is 14.1. The summed E-state index contributed by atoms with van der Waals surface area (Å²) < 4.78 is 33.1. The Morgan fingerprint density at radius 3 is 2.60 bits per heavy atom. The molecule has 4 aliphatic rings. The lowest BCUT2D eigenvalue weighted by Gasteiger charge is -2.27. The molecule has 3 N–H and O–H groups in total. The van der Waals surface area contributed by atoms with Gasteiger partial charge in [0.15, 0.2) is 0 Å². The number of hydrogen-bond donors (Lipinski definition) is 3. The second kappa shape index (κ2) is 13.8. The fourth-order valence-corrected chi connectivity index (χ4v) is 8.40. The van der Waals surface area contributed by atoms with Gasteiger partial charge in [0.25, 0.3) is 5.91 Å². The highest BCUT2D eigenvalue weighted by molar-refractivity contribution is 7.91. The monoisotopic (exact) mass is 705 g/mol. The third kappa shape index (κ3) is 7.28. The van der Waals surface area contributed by atoms with Crippen LogP contribution in [0.4, 0.5) is 10.5 Å². The summed E-state index contributed by atoms with van der Waals surface area (Å²) in [6.07, 6.45) is 6.77. The summed E-state index contributed by atoms with van der Waals surface area (Å²) >= 11 is 0. The predicted octanol–water partition coefficient (Wildman–Crippen LogP) is 4.63. The molecule has 3 aliphatic carbocycles. The maximum Gasteiger partial charge on any atom is 0.411 e. The lowest BCUT2D eigenvalue weighted by atomic mass is 9.93. The van der Waals surface area contributed by atoms with Gasteiger partial charge in [-0.1, -0.05) is 37.3 Å². The van der Waals surface area contributed by atoms with Crippen LogP contribution in [-0.4, -0.2) is 72.1 Å². The van der Waals surface area contributed by atoms with E-state index >= 15 is 0 Å². The van der Waals surface area contributed by atoms with Crippen LogP contribution in [0.3, 0.4) is 0 Å². The molecule has 3 saturated carbocycles. The highest BCUT2D eigenvalue weighted by Gasteiger charge is 2.63. The zero-order chi connectivity index (χ0) is 35.8. The molecule has 50 heavy (non-hydrogen) atoms. The van der Waals surface area contributed by atoms with Crippen molar-refractivity contribution < 1.29 is 32.3 Å². The first-order valence-corrected chi connectivity index (χ1v) is 19.1. The lowest BCUT2D eigenvalue weighted by molar-refractivity contribution is -0.140. The van der Waals surface area contributed by atoms with E-state index in [1.165, 1.54) is 0 Å². The molecule has 2 aromatic rings. The molecule has 1 aliphatic heterocycles. The Labute approximate surface area is 293 Å². The highest BCUT2D eigenvalue weighted by Crippen LogP contribution is 2.48. The van der Waals surface area contributed by atoms with Crippen LogP contribution in [0, 0.1) is 24.7 Å². The van der Waals surface area contributed by atoms with Crippen LogP contribution in [0.15, 0.2) is 48.6 Å². The van der Waals surface area contributed by atoms with Crippen molar-refractivity contribution in [3.63, 3.8) is 0 Å². The number of amides is 4. The predicted molar refractivity (Wildman–Crippen MR) is 188 cm³/mol. The molecule has 0 bridgehead atoms. The number of benzene rings is 1. The van der Waals surface area contributed by atoms with Gasteiger partial charge in [-0.25, -0.2) is 13.2 Å². The van der Waals surface area contributed by atoms with Crippen LogP contribution in [-0.2, 0) is 35.6 Å². The molecule has 12 nitrogen and oxygen atoms in total. The number of rotatable bonds is 7. The molecule has 0 saturated heterocycles. The van der Waals surface area contributed by atoms with Crippen molar-refractivity contribution in [1.82, 2.24) is 19.9 Å². The molecule has 0 radical (unpaired) electrons. The van der Waals surface area contributed by atoms with Crippen LogP contribution in [0.25, 0.3) is 11.3 Å². The quantitative estimate of drug-likeness (QED) is 0.351. The van der Waals surface area contributed by atoms with Gasteiger partial charge in [0.2, 0.25) is 21.8 Å². The Balaban J connectivity index is 1.21. The van der Waals surface area contributed by atoms with Crippen LogP contribution in [0.2, 0.25) is 0 Å². The van der Waals surface area contributed by atoms with Gasteiger partial charge in [-0.3, -0.25) is 29.4 Å². The summed E-state index contributed by atoms with van der Waals surface area (Å²) in [5.74, 6) is -3.61. The number of carbonyl (C=O) groups is 4. The Morgan fingerprint density at radius 2 is 1.86 bits per heavy atom. The van der Waals surface area contributed by atoms with Crippen molar-refractivity contribution in [1.29, 1.82) is 0 Å². The van der Waals surface area contributed by atoms with E-state index in [2.05, 4.69) is 15.4 Å². The number of carbonyl (C=O) groups excluding carboxylic acids is 4. The van der Waals surface area contributed by atoms with E-state index in [0.29, 0.717) is 30.8 Å². The smallest absolute Gasteiger partial charge is 0.411 e. The van der Waals surface area contributed by atoms with Gasteiger partial charge in [0, 0.05) is 30.8 Å². The van der Waals surface area contributed by atoms with E-state index in [-0.39, 0.29) is 31.1 Å². The number of nitrogens with zero attached hydrogens (tertiary/aromatic N) is 2. The van der Waals surface area contributed by atoms with Crippen molar-refractivity contribution in [3.05, 3.63) is 59.8 Å². The summed E-state index contributed by atoms with van der Waals surface area (Å²) in [4.78, 5) is 61.2. The largest absolute Gasteiger partial charge is 0.446 e. The molecule has 0 unspecified atom stereocenters. The molecular weight excluding hydrogens is 659 g/mol. The standard InChI is InChI=1S/C37H47N5O7S/c1-5-25-12-10-13-30(38-25)27-15-14-23(2)19-31(27)39-35(46)49-26-20-28-29(21-26)33(44)42(4)18-9-7-6-8-11-24-22-37(24,40-32(28)43)34(45)41-50(47,48)36(3)16-17-36/h8,10-15,19,24,26,28-29H,5-7,9,16-18,20-22H2,1-4H3,(H,39,46)(H,40,43)(H,41,45)/t24-,26-,28-,29-,37-/m1/s1. The highest BCUT2D eigenvalue weighted by atomic mass is 32.2. The number of nitrogens with one attached hydrogen (secondary N) is 3. The van der Waals surface area contributed by atoms with E-state index in [9.17, 15) is 27.6 Å². The van der Waals surface area contributed by atoms with Gasteiger partial charge in [0.1, 0.15) is 11.6 Å². The van der Waals surface area contributed by atoms with Crippen LogP contribution >= 0.6 is 0 Å². The summed E-state index contributed by atoms with van der Waals surface area (Å²) in [5.41, 5.74) is 2.36. The second-order valence-corrected chi connectivity index (χ2v) is 16.8. The summed E-state index contributed by atoms with van der Waals surface area (Å²) in [7, 11) is -2.23. The molecule has 5 atom stereocenters. The van der Waals surface area contributed by atoms with Crippen LogP contribution in [0.5, 0.6) is 0 Å². The van der Waals surface area contributed by atoms with E-state index in [4.69, 9.17) is 9.72 Å². The first-order valence-electron chi connectivity index (χ1n) is 17.6. The van der Waals surface area contributed by atoms with Crippen LogP contribution in [0.1, 0.15) is 76.5 Å². The van der Waals surface area contributed by atoms with E-state index in [1.807, 2.05) is 62.4 Å². The van der Waals surface area contributed by atoms with Crippen molar-refractivity contribution >= 4 is 39.5 Å². The van der Waals surface area contributed by atoms with Crippen molar-refractivity contribution in [3.8, 4) is 11.3 Å². The fraction of sp³-hybridized carbons (Fsp3) is 0.541. The topological polar surface area (TPSA) is 164 Å². The van der Waals surface area contributed by atoms with Crippen molar-refractivity contribution in [2.75, 3.05) is 18.9 Å². The fourth-order valence-electron chi connectivity index (χ4n) is 7.09. The van der Waals surface area contributed by atoms with Gasteiger partial charge in [0.05, 0.1) is 28.0 Å². The zero-order valence-electron chi connectivity index (χ0n) is 29.2. The molecule has 4 amide bonds. The molecule has 1 aromatic heterocycles. The third-order valence-electron chi connectivity index (χ3n) is 10.8. The average Bonchev–Trinajstić information content (AvgIpc) is 3.96. The van der Waals surface area contributed by atoms with E-state index in [0.717, 1.165) is 42.5 Å². The Bertz CT molecular complexity index is 1820. The minimum atomic E-state index is -3.94. The van der Waals surface area contributed by atoms with Crippen molar-refractivity contribution in [2.24, 2.45) is 17.8 Å². The number of aryl methyl sites for hydroxylation is 2. The van der Waals surface area contributed by atoms with Gasteiger partial charge >= 0.3 is 6.09 Å². The number of ether oxygens (including phenoxy) is 1. The number of allylic oxidation sites excluding steroid dienone is 1. The van der Waals surface area contributed by atoms with Gasteiger partial charge in [-0.15, -0.1) is 0 Å². The molecule has 1 aromatic carbocycles. The number of fused-ring (bicyclic) bond motifs is 2. The number of pyridine rings is 1. The SMILES string of the molecule is CCc1cccc(-c2ccc(C)cc2NC(=O)O[C@@H]2C[C@H]3C(=O)N[C@]4(C(=O)NS(=O)(=O)C5(C)CC5)C[C@H]4C=CCCCCN(C)C(=O)[C@@H]3C2)n1. The van der Waals surface area contributed by atoms with Crippen molar-refractivity contribution in [2.45, 2.75) is 94.9 Å². The lowest BCUT2D eigenvalue weighted by Crippen LogP contribution is -2.55. The van der Waals surface area contributed by atoms with Gasteiger partial charge in [-0.2, -0.15) is 0 Å². The summed E-state index contributed by atoms with van der Waals surface area (Å²) in [6, 6.07) is 11.4.